The number of halogens is 1. The van der Waals surface area contributed by atoms with Crippen LogP contribution in [0.25, 0.3) is 0 Å². The molecule has 0 amide bonds. The van der Waals surface area contributed by atoms with Gasteiger partial charge in [-0.25, -0.2) is 10.9 Å². The fourth-order valence-corrected chi connectivity index (χ4v) is 1.41. The van der Waals surface area contributed by atoms with Gasteiger partial charge in [-0.1, -0.05) is 19.9 Å². The molecule has 3 nitrogen and oxygen atoms in total. The quantitative estimate of drug-likeness (QED) is 0.654. The summed E-state index contributed by atoms with van der Waals surface area (Å²) in [5.74, 6) is 5.05. The maximum atomic E-state index is 5.05. The molecule has 0 saturated heterocycles. The van der Waals surface area contributed by atoms with Gasteiger partial charge in [-0.15, -0.1) is 0 Å². The Balaban J connectivity index is 2.93. The molecule has 0 radical (unpaired) electrons. The molecule has 0 spiro atoms. The Labute approximate surface area is 86.4 Å². The molecule has 4 heteroatoms. The van der Waals surface area contributed by atoms with Crippen LogP contribution in [0.4, 0.5) is 0 Å². The molecule has 0 aliphatic carbocycles. The lowest BCUT2D eigenvalue weighted by molar-refractivity contribution is 0.0949. The topological polar surface area (TPSA) is 48.1 Å². The fraction of sp³-hybridized carbons (Fsp3) is 0.444. The van der Waals surface area contributed by atoms with E-state index in [-0.39, 0.29) is 5.41 Å². The van der Waals surface area contributed by atoms with Crippen molar-refractivity contribution < 1.29 is 4.84 Å². The highest BCUT2D eigenvalue weighted by molar-refractivity contribution is 9.10. The van der Waals surface area contributed by atoms with Gasteiger partial charge in [-0.3, -0.25) is 0 Å². The molecule has 2 N–H and O–H groups in total. The summed E-state index contributed by atoms with van der Waals surface area (Å²) in [6.07, 6.45) is 0. The minimum Gasteiger partial charge on any atom is -0.304 e. The van der Waals surface area contributed by atoms with Gasteiger partial charge in [-0.05, 0) is 28.1 Å². The van der Waals surface area contributed by atoms with Crippen molar-refractivity contribution in [1.29, 1.82) is 0 Å². The Bertz CT molecular complexity index is 289. The van der Waals surface area contributed by atoms with Gasteiger partial charge in [0.1, 0.15) is 4.60 Å². The van der Waals surface area contributed by atoms with Crippen molar-refractivity contribution in [3.63, 3.8) is 0 Å². The van der Waals surface area contributed by atoms with Gasteiger partial charge in [-0.2, -0.15) is 0 Å². The van der Waals surface area contributed by atoms with Gasteiger partial charge in [0.05, 0.1) is 6.61 Å². The molecule has 0 unspecified atom stereocenters. The summed E-state index contributed by atoms with van der Waals surface area (Å²) >= 11 is 3.32. The van der Waals surface area contributed by atoms with Crippen LogP contribution in [-0.2, 0) is 10.3 Å². The molecule has 1 aromatic heterocycles. The lowest BCUT2D eigenvalue weighted by atomic mass is 9.90. The molecule has 0 aliphatic rings. The molecule has 0 fully saturated rings. The predicted molar refractivity (Wildman–Crippen MR) is 55.1 cm³/mol. The Hall–Kier alpha value is -0.450. The lowest BCUT2D eigenvalue weighted by Gasteiger charge is -2.22. The molecule has 0 aromatic carbocycles. The van der Waals surface area contributed by atoms with Crippen molar-refractivity contribution in [3.05, 3.63) is 28.5 Å². The number of aromatic nitrogens is 1. The predicted octanol–water partition coefficient (Wildman–Crippen LogP) is 2.01. The Kier molecular flexibility index (Phi) is 3.41. The summed E-state index contributed by atoms with van der Waals surface area (Å²) in [6, 6.07) is 5.80. The Morgan fingerprint density at radius 1 is 1.54 bits per heavy atom. The molecular weight excluding hydrogens is 232 g/mol. The highest BCUT2D eigenvalue weighted by atomic mass is 79.9. The highest BCUT2D eigenvalue weighted by Crippen LogP contribution is 2.22. The van der Waals surface area contributed by atoms with Crippen LogP contribution >= 0.6 is 15.9 Å². The van der Waals surface area contributed by atoms with Crippen LogP contribution in [-0.4, -0.2) is 11.6 Å². The van der Waals surface area contributed by atoms with E-state index >= 15 is 0 Å². The second kappa shape index (κ2) is 4.17. The summed E-state index contributed by atoms with van der Waals surface area (Å²) in [6.45, 7) is 4.53. The van der Waals surface area contributed by atoms with Crippen LogP contribution in [0.2, 0.25) is 0 Å². The van der Waals surface area contributed by atoms with Gasteiger partial charge >= 0.3 is 0 Å². The number of hydrogen-bond donors (Lipinski definition) is 1. The summed E-state index contributed by atoms with van der Waals surface area (Å²) < 4.78 is 0.829. The fourth-order valence-electron chi connectivity index (χ4n) is 1.07. The van der Waals surface area contributed by atoms with E-state index in [9.17, 15) is 0 Å². The van der Waals surface area contributed by atoms with Crippen LogP contribution in [0.15, 0.2) is 22.8 Å². The summed E-state index contributed by atoms with van der Waals surface area (Å²) in [5.41, 5.74) is 0.811. The van der Waals surface area contributed by atoms with E-state index in [2.05, 4.69) is 25.8 Å². The largest absolute Gasteiger partial charge is 0.304 e. The second-order valence-corrected chi connectivity index (χ2v) is 4.35. The van der Waals surface area contributed by atoms with Crippen LogP contribution in [0, 0.1) is 0 Å². The lowest BCUT2D eigenvalue weighted by Crippen LogP contribution is -2.27. The minimum atomic E-state index is -0.154. The average molecular weight is 245 g/mol. The first kappa shape index (κ1) is 10.6. The van der Waals surface area contributed by atoms with E-state index in [0.717, 1.165) is 10.3 Å². The normalized spacial score (nSPS) is 11.7. The Morgan fingerprint density at radius 3 is 2.77 bits per heavy atom. The zero-order valence-corrected chi connectivity index (χ0v) is 9.34. The van der Waals surface area contributed by atoms with Crippen LogP contribution < -0.4 is 5.90 Å². The van der Waals surface area contributed by atoms with Gasteiger partial charge < -0.3 is 4.84 Å². The zero-order chi connectivity index (χ0) is 9.90. The third-order valence-electron chi connectivity index (χ3n) is 1.85. The van der Waals surface area contributed by atoms with Crippen molar-refractivity contribution in [2.75, 3.05) is 6.61 Å². The van der Waals surface area contributed by atoms with E-state index in [1.54, 1.807) is 0 Å². The molecule has 1 rings (SSSR count). The van der Waals surface area contributed by atoms with E-state index < -0.39 is 0 Å². The number of nitrogens with two attached hydrogens (primary N) is 1. The van der Waals surface area contributed by atoms with E-state index in [0.29, 0.717) is 6.61 Å². The third-order valence-corrected chi connectivity index (χ3v) is 2.29. The van der Waals surface area contributed by atoms with Crippen LogP contribution in [0.3, 0.4) is 0 Å². The Morgan fingerprint density at radius 2 is 2.23 bits per heavy atom. The molecule has 0 aliphatic heterocycles. The van der Waals surface area contributed by atoms with Gasteiger partial charge in [0.2, 0.25) is 0 Å². The third kappa shape index (κ3) is 2.76. The SMILES string of the molecule is CC(C)(CON)c1cccc(Br)n1. The first-order chi connectivity index (χ1) is 6.06. The van der Waals surface area contributed by atoms with Crippen molar-refractivity contribution in [2.24, 2.45) is 5.90 Å². The van der Waals surface area contributed by atoms with Gasteiger partial charge in [0.25, 0.3) is 0 Å². The summed E-state index contributed by atoms with van der Waals surface area (Å²) in [4.78, 5) is 8.99. The number of pyridine rings is 1. The maximum absolute atomic E-state index is 5.05. The van der Waals surface area contributed by atoms with Crippen molar-refractivity contribution >= 4 is 15.9 Å². The summed E-state index contributed by atoms with van der Waals surface area (Å²) in [7, 11) is 0. The van der Waals surface area contributed by atoms with Crippen LogP contribution in [0.1, 0.15) is 19.5 Å². The van der Waals surface area contributed by atoms with Crippen LogP contribution in [0.5, 0.6) is 0 Å². The first-order valence-electron chi connectivity index (χ1n) is 4.01. The first-order valence-corrected chi connectivity index (χ1v) is 4.80. The minimum absolute atomic E-state index is 0.154. The maximum Gasteiger partial charge on any atom is 0.106 e. The molecule has 0 atom stereocenters. The standard InChI is InChI=1S/C9H13BrN2O/c1-9(2,6-13-11)7-4-3-5-8(10)12-7/h3-5H,6,11H2,1-2H3. The van der Waals surface area contributed by atoms with Crippen molar-refractivity contribution in [2.45, 2.75) is 19.3 Å². The molecule has 0 saturated carbocycles. The monoisotopic (exact) mass is 244 g/mol. The highest BCUT2D eigenvalue weighted by Gasteiger charge is 2.22. The zero-order valence-electron chi connectivity index (χ0n) is 7.75. The molecular formula is C9H13BrN2O. The molecule has 0 bridgehead atoms. The molecule has 1 aromatic rings. The molecule has 72 valence electrons. The molecule has 13 heavy (non-hydrogen) atoms. The smallest absolute Gasteiger partial charge is 0.106 e. The van der Waals surface area contributed by atoms with Gasteiger partial charge in [0, 0.05) is 11.1 Å². The van der Waals surface area contributed by atoms with Gasteiger partial charge in [0.15, 0.2) is 0 Å². The molecule has 1 heterocycles. The van der Waals surface area contributed by atoms with E-state index in [1.165, 1.54) is 0 Å². The van der Waals surface area contributed by atoms with E-state index in [4.69, 9.17) is 5.90 Å². The van der Waals surface area contributed by atoms with Crippen molar-refractivity contribution in [1.82, 2.24) is 4.98 Å². The van der Waals surface area contributed by atoms with E-state index in [1.807, 2.05) is 32.0 Å². The number of rotatable bonds is 3. The van der Waals surface area contributed by atoms with Crippen molar-refractivity contribution in [3.8, 4) is 0 Å². The average Bonchev–Trinajstić information content (AvgIpc) is 2.04. The number of nitrogens with zero attached hydrogens (tertiary/aromatic N) is 1. The number of hydrogen-bond acceptors (Lipinski definition) is 3. The second-order valence-electron chi connectivity index (χ2n) is 3.54. The summed E-state index contributed by atoms with van der Waals surface area (Å²) in [5, 5.41) is 0.